The van der Waals surface area contributed by atoms with Crippen LogP contribution < -0.4 is 11.5 Å². The van der Waals surface area contributed by atoms with Gasteiger partial charge in [0.25, 0.3) is 0 Å². The zero-order valence-electron chi connectivity index (χ0n) is 9.93. The Morgan fingerprint density at radius 1 is 1.18 bits per heavy atom. The van der Waals surface area contributed by atoms with Gasteiger partial charge >= 0.3 is 0 Å². The molecular formula is C10H18N6O. The molecule has 0 aliphatic carbocycles. The van der Waals surface area contributed by atoms with E-state index in [1.165, 1.54) is 0 Å². The van der Waals surface area contributed by atoms with E-state index < -0.39 is 5.60 Å². The second-order valence-corrected chi connectivity index (χ2v) is 4.74. The first-order valence-electron chi connectivity index (χ1n) is 5.65. The minimum absolute atomic E-state index is 0.150. The predicted octanol–water partition coefficient (Wildman–Crippen LogP) is -0.617. The van der Waals surface area contributed by atoms with Crippen molar-refractivity contribution in [1.29, 1.82) is 0 Å². The van der Waals surface area contributed by atoms with E-state index in [1.807, 2.05) is 6.92 Å². The van der Waals surface area contributed by atoms with Crippen LogP contribution in [0.15, 0.2) is 0 Å². The maximum Gasteiger partial charge on any atom is 0.225 e. The largest absolute Gasteiger partial charge is 0.390 e. The number of piperidine rings is 1. The molecule has 94 valence electrons. The molecule has 1 aromatic rings. The summed E-state index contributed by atoms with van der Waals surface area (Å²) in [5.41, 5.74) is 10.5. The van der Waals surface area contributed by atoms with E-state index in [0.717, 1.165) is 25.9 Å². The van der Waals surface area contributed by atoms with E-state index in [9.17, 15) is 5.11 Å². The lowest BCUT2D eigenvalue weighted by atomic mass is 9.94. The van der Waals surface area contributed by atoms with Gasteiger partial charge in [-0.2, -0.15) is 15.0 Å². The van der Waals surface area contributed by atoms with Crippen molar-refractivity contribution in [2.24, 2.45) is 0 Å². The average molecular weight is 238 g/mol. The zero-order valence-corrected chi connectivity index (χ0v) is 9.93. The topological polar surface area (TPSA) is 114 Å². The number of likely N-dealkylation sites (tertiary alicyclic amines) is 1. The number of rotatable bonds is 2. The third-order valence-electron chi connectivity index (χ3n) is 3.01. The summed E-state index contributed by atoms with van der Waals surface area (Å²) in [4.78, 5) is 14.0. The summed E-state index contributed by atoms with van der Waals surface area (Å²) in [5, 5.41) is 9.84. The highest BCUT2D eigenvalue weighted by Crippen LogP contribution is 2.21. The van der Waals surface area contributed by atoms with Gasteiger partial charge in [-0.15, -0.1) is 0 Å². The second kappa shape index (κ2) is 4.42. The molecule has 1 fully saturated rings. The lowest BCUT2D eigenvalue weighted by Crippen LogP contribution is -2.42. The Labute approximate surface area is 99.9 Å². The molecule has 2 heterocycles. The summed E-state index contributed by atoms with van der Waals surface area (Å²) in [6.45, 7) is 4.09. The van der Waals surface area contributed by atoms with Gasteiger partial charge in [0, 0.05) is 13.1 Å². The number of aromatic nitrogens is 3. The van der Waals surface area contributed by atoms with Gasteiger partial charge in [0.1, 0.15) is 5.82 Å². The van der Waals surface area contributed by atoms with Gasteiger partial charge in [0.2, 0.25) is 11.9 Å². The maximum atomic E-state index is 9.84. The summed E-state index contributed by atoms with van der Waals surface area (Å²) < 4.78 is 0. The molecule has 1 aliphatic rings. The molecule has 0 atom stereocenters. The average Bonchev–Trinajstić information content (AvgIpc) is 2.20. The van der Waals surface area contributed by atoms with E-state index in [-0.39, 0.29) is 11.9 Å². The first-order chi connectivity index (χ1) is 7.94. The second-order valence-electron chi connectivity index (χ2n) is 4.74. The molecule has 1 aromatic heterocycles. The molecule has 2 rings (SSSR count). The van der Waals surface area contributed by atoms with Gasteiger partial charge in [-0.05, 0) is 19.8 Å². The number of hydrogen-bond acceptors (Lipinski definition) is 7. The van der Waals surface area contributed by atoms with Crippen LogP contribution in [0.2, 0.25) is 0 Å². The Hall–Kier alpha value is -1.47. The fraction of sp³-hybridized carbons (Fsp3) is 0.700. The first kappa shape index (κ1) is 12.0. The van der Waals surface area contributed by atoms with Crippen molar-refractivity contribution in [2.45, 2.75) is 31.9 Å². The van der Waals surface area contributed by atoms with Crippen LogP contribution in [0.5, 0.6) is 0 Å². The van der Waals surface area contributed by atoms with Crippen molar-refractivity contribution in [2.75, 3.05) is 24.6 Å². The molecule has 7 heteroatoms. The summed E-state index contributed by atoms with van der Waals surface area (Å²) in [7, 11) is 0. The highest BCUT2D eigenvalue weighted by molar-refractivity contribution is 5.25. The van der Waals surface area contributed by atoms with Gasteiger partial charge in [-0.1, -0.05) is 0 Å². The van der Waals surface area contributed by atoms with Crippen molar-refractivity contribution >= 4 is 11.9 Å². The van der Waals surface area contributed by atoms with Crippen LogP contribution in [0.25, 0.3) is 0 Å². The molecule has 5 N–H and O–H groups in total. The Balaban J connectivity index is 1.97. The summed E-state index contributed by atoms with van der Waals surface area (Å²) in [5.74, 6) is 0.879. The Kier molecular flexibility index (Phi) is 3.12. The number of nitrogens with two attached hydrogens (primary N) is 2. The van der Waals surface area contributed by atoms with Gasteiger partial charge in [0.15, 0.2) is 0 Å². The van der Waals surface area contributed by atoms with Crippen LogP contribution >= 0.6 is 0 Å². The number of hydrogen-bond donors (Lipinski definition) is 3. The zero-order chi connectivity index (χ0) is 12.5. The minimum Gasteiger partial charge on any atom is -0.390 e. The Morgan fingerprint density at radius 3 is 2.24 bits per heavy atom. The standard InChI is InChI=1S/C10H18N6O/c1-10(17)2-4-16(5-3-10)6-7-13-8(11)15-9(12)14-7/h17H,2-6H2,1H3,(H4,11,12,13,14,15). The third kappa shape index (κ3) is 3.24. The molecule has 0 spiro atoms. The SMILES string of the molecule is CC1(O)CCN(Cc2nc(N)nc(N)n2)CC1. The maximum absolute atomic E-state index is 9.84. The van der Waals surface area contributed by atoms with Crippen LogP contribution in [0.4, 0.5) is 11.9 Å². The molecule has 7 nitrogen and oxygen atoms in total. The number of nitrogen functional groups attached to an aromatic ring is 2. The molecule has 0 aromatic carbocycles. The number of anilines is 2. The highest BCUT2D eigenvalue weighted by atomic mass is 16.3. The van der Waals surface area contributed by atoms with Crippen LogP contribution in [0.1, 0.15) is 25.6 Å². The van der Waals surface area contributed by atoms with E-state index >= 15 is 0 Å². The predicted molar refractivity (Wildman–Crippen MR) is 63.8 cm³/mol. The fourth-order valence-corrected chi connectivity index (χ4v) is 1.92. The van der Waals surface area contributed by atoms with Crippen molar-refractivity contribution in [3.63, 3.8) is 0 Å². The van der Waals surface area contributed by atoms with Crippen molar-refractivity contribution < 1.29 is 5.11 Å². The lowest BCUT2D eigenvalue weighted by Gasteiger charge is -2.35. The van der Waals surface area contributed by atoms with Gasteiger partial charge in [-0.25, -0.2) is 0 Å². The molecule has 0 radical (unpaired) electrons. The van der Waals surface area contributed by atoms with Gasteiger partial charge < -0.3 is 16.6 Å². The number of nitrogens with zero attached hydrogens (tertiary/aromatic N) is 4. The highest BCUT2D eigenvalue weighted by Gasteiger charge is 2.27. The molecule has 1 aliphatic heterocycles. The summed E-state index contributed by atoms with van der Waals surface area (Å²) in [6.07, 6.45) is 1.51. The van der Waals surface area contributed by atoms with Crippen molar-refractivity contribution in [3.8, 4) is 0 Å². The minimum atomic E-state index is -0.548. The molecular weight excluding hydrogens is 220 g/mol. The van der Waals surface area contributed by atoms with Crippen LogP contribution in [0, 0.1) is 0 Å². The number of aliphatic hydroxyl groups is 1. The van der Waals surface area contributed by atoms with E-state index in [1.54, 1.807) is 0 Å². The van der Waals surface area contributed by atoms with Crippen LogP contribution in [-0.2, 0) is 6.54 Å². The van der Waals surface area contributed by atoms with Crippen LogP contribution in [0.3, 0.4) is 0 Å². The first-order valence-corrected chi connectivity index (χ1v) is 5.65. The molecule has 17 heavy (non-hydrogen) atoms. The molecule has 0 saturated carbocycles. The quantitative estimate of drug-likeness (QED) is 0.629. The normalized spacial score (nSPS) is 20.4. The molecule has 0 amide bonds. The third-order valence-corrected chi connectivity index (χ3v) is 3.01. The van der Waals surface area contributed by atoms with E-state index in [0.29, 0.717) is 12.4 Å². The van der Waals surface area contributed by atoms with Crippen molar-refractivity contribution in [3.05, 3.63) is 5.82 Å². The molecule has 1 saturated heterocycles. The van der Waals surface area contributed by atoms with E-state index in [2.05, 4.69) is 19.9 Å². The Morgan fingerprint density at radius 2 is 1.71 bits per heavy atom. The lowest BCUT2D eigenvalue weighted by molar-refractivity contribution is -0.00787. The van der Waals surface area contributed by atoms with E-state index in [4.69, 9.17) is 11.5 Å². The summed E-state index contributed by atoms with van der Waals surface area (Å²) in [6, 6.07) is 0. The molecule has 0 bridgehead atoms. The Bertz CT molecular complexity index is 378. The van der Waals surface area contributed by atoms with Gasteiger partial charge in [-0.3, -0.25) is 4.90 Å². The fourth-order valence-electron chi connectivity index (χ4n) is 1.92. The van der Waals surface area contributed by atoms with Gasteiger partial charge in [0.05, 0.1) is 12.1 Å². The summed E-state index contributed by atoms with van der Waals surface area (Å²) >= 11 is 0. The van der Waals surface area contributed by atoms with Crippen molar-refractivity contribution in [1.82, 2.24) is 19.9 Å². The smallest absolute Gasteiger partial charge is 0.225 e. The van der Waals surface area contributed by atoms with Crippen LogP contribution in [-0.4, -0.2) is 43.6 Å². The monoisotopic (exact) mass is 238 g/mol. The molecule has 0 unspecified atom stereocenters.